The van der Waals surface area contributed by atoms with E-state index in [9.17, 15) is 4.39 Å². The van der Waals surface area contributed by atoms with E-state index in [0.717, 1.165) is 59.0 Å². The molecule has 0 spiro atoms. The second-order valence-corrected chi connectivity index (χ2v) is 7.58. The summed E-state index contributed by atoms with van der Waals surface area (Å²) in [4.78, 5) is 16.9. The molecule has 4 aromatic rings. The molecule has 7 heteroatoms. The van der Waals surface area contributed by atoms with Gasteiger partial charge in [0.05, 0.1) is 0 Å². The van der Waals surface area contributed by atoms with Crippen molar-refractivity contribution in [2.45, 2.75) is 6.92 Å². The zero-order valence-electron chi connectivity index (χ0n) is 15.4. The Labute approximate surface area is 166 Å². The highest BCUT2D eigenvalue weighted by molar-refractivity contribution is 6.30. The molecule has 2 aromatic carbocycles. The van der Waals surface area contributed by atoms with Crippen LogP contribution < -0.4 is 9.80 Å². The van der Waals surface area contributed by atoms with Crippen LogP contribution in [0.25, 0.3) is 21.9 Å². The van der Waals surface area contributed by atoms with Crippen molar-refractivity contribution < 1.29 is 4.39 Å². The van der Waals surface area contributed by atoms with Crippen LogP contribution in [0.15, 0.2) is 42.7 Å². The third-order valence-electron chi connectivity index (χ3n) is 5.41. The van der Waals surface area contributed by atoms with Gasteiger partial charge in [-0.2, -0.15) is 0 Å². The number of fused-ring (bicyclic) bond motifs is 3. The normalized spacial score (nSPS) is 15.0. The number of nitrogens with one attached hydrogen (secondary N) is 1. The maximum absolute atomic E-state index is 13.7. The highest BCUT2D eigenvalue weighted by Gasteiger charge is 2.22. The third-order valence-corrected chi connectivity index (χ3v) is 5.65. The summed E-state index contributed by atoms with van der Waals surface area (Å²) in [6.07, 6.45) is 1.56. The summed E-state index contributed by atoms with van der Waals surface area (Å²) < 4.78 is 13.7. The molecule has 1 N–H and O–H groups in total. The SMILES string of the molecule is Cc1ccc(Cl)cc1N1CCN(c2ncnc3c2[nH]c2ccc(F)cc23)CC1. The molecule has 28 heavy (non-hydrogen) atoms. The second kappa shape index (κ2) is 6.63. The van der Waals surface area contributed by atoms with Crippen LogP contribution in [0.5, 0.6) is 0 Å². The molecule has 1 aliphatic rings. The predicted octanol–water partition coefficient (Wildman–Crippen LogP) is 4.54. The van der Waals surface area contributed by atoms with Crippen LogP contribution in [-0.4, -0.2) is 41.1 Å². The Bertz CT molecular complexity index is 1180. The summed E-state index contributed by atoms with van der Waals surface area (Å²) in [7, 11) is 0. The first-order valence-electron chi connectivity index (χ1n) is 9.28. The molecule has 142 valence electrons. The van der Waals surface area contributed by atoms with Gasteiger partial charge in [0.15, 0.2) is 5.82 Å². The van der Waals surface area contributed by atoms with E-state index in [1.807, 2.05) is 12.1 Å². The molecule has 1 fully saturated rings. The van der Waals surface area contributed by atoms with E-state index in [0.29, 0.717) is 0 Å². The summed E-state index contributed by atoms with van der Waals surface area (Å²) in [5.74, 6) is 0.600. The van der Waals surface area contributed by atoms with E-state index in [1.165, 1.54) is 23.4 Å². The number of H-pyrrole nitrogens is 1. The van der Waals surface area contributed by atoms with Gasteiger partial charge in [0.25, 0.3) is 0 Å². The first-order valence-corrected chi connectivity index (χ1v) is 9.66. The summed E-state index contributed by atoms with van der Waals surface area (Å²) >= 11 is 6.19. The minimum absolute atomic E-state index is 0.265. The van der Waals surface area contributed by atoms with Gasteiger partial charge in [-0.05, 0) is 42.8 Å². The number of rotatable bonds is 2. The van der Waals surface area contributed by atoms with Crippen molar-refractivity contribution in [2.75, 3.05) is 36.0 Å². The number of hydrogen-bond donors (Lipinski definition) is 1. The van der Waals surface area contributed by atoms with Crippen LogP contribution in [0.3, 0.4) is 0 Å². The van der Waals surface area contributed by atoms with E-state index < -0.39 is 0 Å². The Morgan fingerprint density at radius 3 is 2.61 bits per heavy atom. The topological polar surface area (TPSA) is 48.1 Å². The van der Waals surface area contributed by atoms with Gasteiger partial charge >= 0.3 is 0 Å². The Balaban J connectivity index is 1.46. The minimum Gasteiger partial charge on any atom is -0.368 e. The van der Waals surface area contributed by atoms with Crippen molar-refractivity contribution in [2.24, 2.45) is 0 Å². The smallest absolute Gasteiger partial charge is 0.156 e. The molecule has 0 bridgehead atoms. The fraction of sp³-hybridized carbons (Fsp3) is 0.238. The monoisotopic (exact) mass is 395 g/mol. The fourth-order valence-corrected chi connectivity index (χ4v) is 4.14. The molecule has 5 rings (SSSR count). The van der Waals surface area contributed by atoms with Crippen LogP contribution in [0.4, 0.5) is 15.9 Å². The Kier molecular flexibility index (Phi) is 4.09. The Morgan fingerprint density at radius 2 is 1.79 bits per heavy atom. The van der Waals surface area contributed by atoms with E-state index in [1.54, 1.807) is 12.4 Å². The number of hydrogen-bond acceptors (Lipinski definition) is 4. The van der Waals surface area contributed by atoms with Gasteiger partial charge in [-0.3, -0.25) is 0 Å². The van der Waals surface area contributed by atoms with Crippen molar-refractivity contribution >= 4 is 45.0 Å². The van der Waals surface area contributed by atoms with Crippen LogP contribution in [0.1, 0.15) is 5.56 Å². The number of aromatic amines is 1. The van der Waals surface area contributed by atoms with Gasteiger partial charge in [-0.15, -0.1) is 0 Å². The average Bonchev–Trinajstić information content (AvgIpc) is 3.08. The Morgan fingerprint density at radius 1 is 1.00 bits per heavy atom. The minimum atomic E-state index is -0.265. The van der Waals surface area contributed by atoms with Gasteiger partial charge < -0.3 is 14.8 Å². The maximum Gasteiger partial charge on any atom is 0.156 e. The summed E-state index contributed by atoms with van der Waals surface area (Å²) in [6.45, 7) is 5.53. The second-order valence-electron chi connectivity index (χ2n) is 7.14. The lowest BCUT2D eigenvalue weighted by molar-refractivity contribution is 0.630. The molecule has 2 aromatic heterocycles. The summed E-state index contributed by atoms with van der Waals surface area (Å²) in [5.41, 5.74) is 4.88. The van der Waals surface area contributed by atoms with E-state index in [2.05, 4.69) is 37.7 Å². The maximum atomic E-state index is 13.7. The van der Waals surface area contributed by atoms with Crippen LogP contribution >= 0.6 is 11.6 Å². The van der Waals surface area contributed by atoms with Crippen LogP contribution in [-0.2, 0) is 0 Å². The first-order chi connectivity index (χ1) is 13.6. The molecule has 0 radical (unpaired) electrons. The largest absolute Gasteiger partial charge is 0.368 e. The quantitative estimate of drug-likeness (QED) is 0.541. The lowest BCUT2D eigenvalue weighted by Crippen LogP contribution is -2.47. The number of benzene rings is 2. The number of piperazine rings is 1. The van der Waals surface area contributed by atoms with Gasteiger partial charge in [0.2, 0.25) is 0 Å². The summed E-state index contributed by atoms with van der Waals surface area (Å²) in [6, 6.07) is 10.7. The highest BCUT2D eigenvalue weighted by Crippen LogP contribution is 2.31. The fourth-order valence-electron chi connectivity index (χ4n) is 3.97. The van der Waals surface area contributed by atoms with Crippen molar-refractivity contribution in [3.8, 4) is 0 Å². The molecular formula is C21H19ClFN5. The van der Waals surface area contributed by atoms with Crippen LogP contribution in [0, 0.1) is 12.7 Å². The molecule has 3 heterocycles. The molecular weight excluding hydrogens is 377 g/mol. The first kappa shape index (κ1) is 17.3. The molecule has 0 aliphatic carbocycles. The van der Waals surface area contributed by atoms with E-state index in [4.69, 9.17) is 11.6 Å². The van der Waals surface area contributed by atoms with Gasteiger partial charge in [-0.25, -0.2) is 14.4 Å². The highest BCUT2D eigenvalue weighted by atomic mass is 35.5. The molecule has 0 saturated carbocycles. The summed E-state index contributed by atoms with van der Waals surface area (Å²) in [5, 5.41) is 1.54. The van der Waals surface area contributed by atoms with Crippen molar-refractivity contribution in [3.63, 3.8) is 0 Å². The molecule has 0 unspecified atom stereocenters. The van der Waals surface area contributed by atoms with E-state index >= 15 is 0 Å². The van der Waals surface area contributed by atoms with Crippen LogP contribution in [0.2, 0.25) is 5.02 Å². The average molecular weight is 396 g/mol. The standard InChI is InChI=1S/C21H19ClFN5/c1-13-2-3-14(22)10-18(13)27-6-8-28(9-7-27)21-20-19(24-12-25-21)16-11-15(23)4-5-17(16)26-20/h2-5,10-12,26H,6-9H2,1H3. The number of aromatic nitrogens is 3. The molecule has 1 saturated heterocycles. The Hall–Kier alpha value is -2.86. The van der Waals surface area contributed by atoms with Crippen molar-refractivity contribution in [3.05, 3.63) is 59.1 Å². The number of halogens is 2. The molecule has 0 atom stereocenters. The number of nitrogens with zero attached hydrogens (tertiary/aromatic N) is 4. The molecule has 1 aliphatic heterocycles. The lowest BCUT2D eigenvalue weighted by atomic mass is 10.1. The number of aryl methyl sites for hydroxylation is 1. The molecule has 0 amide bonds. The van der Waals surface area contributed by atoms with Gasteiger partial charge in [0.1, 0.15) is 23.2 Å². The van der Waals surface area contributed by atoms with Crippen molar-refractivity contribution in [1.82, 2.24) is 15.0 Å². The zero-order valence-corrected chi connectivity index (χ0v) is 16.2. The lowest BCUT2D eigenvalue weighted by Gasteiger charge is -2.37. The van der Waals surface area contributed by atoms with E-state index in [-0.39, 0.29) is 5.82 Å². The predicted molar refractivity (Wildman–Crippen MR) is 112 cm³/mol. The van der Waals surface area contributed by atoms with Gasteiger partial charge in [-0.1, -0.05) is 17.7 Å². The molecule has 5 nitrogen and oxygen atoms in total. The number of anilines is 2. The third kappa shape index (κ3) is 2.85. The van der Waals surface area contributed by atoms with Gasteiger partial charge in [0, 0.05) is 47.8 Å². The van der Waals surface area contributed by atoms with Crippen molar-refractivity contribution in [1.29, 1.82) is 0 Å². The zero-order chi connectivity index (χ0) is 19.3.